The van der Waals surface area contributed by atoms with Crippen molar-refractivity contribution in [2.24, 2.45) is 0 Å². The first kappa shape index (κ1) is 28.6. The second-order valence-electron chi connectivity index (χ2n) is 8.60. The van der Waals surface area contributed by atoms with Crippen LogP contribution < -0.4 is 29.6 Å². The van der Waals surface area contributed by atoms with Gasteiger partial charge in [-0.3, -0.25) is 0 Å². The number of unbranched alkanes of at least 4 members (excludes halogenated alkanes) is 10. The zero-order chi connectivity index (χ0) is 21.8. The molecule has 5 heteroatoms. The van der Waals surface area contributed by atoms with Crippen molar-refractivity contribution in [1.29, 1.82) is 0 Å². The Bertz CT molecular complexity index is 878. The summed E-state index contributed by atoms with van der Waals surface area (Å²) in [5, 5.41) is 1.53. The van der Waals surface area contributed by atoms with Crippen LogP contribution in [0.5, 0.6) is 0 Å². The van der Waals surface area contributed by atoms with E-state index in [9.17, 15) is 13.0 Å². The van der Waals surface area contributed by atoms with E-state index in [1.54, 1.807) is 6.07 Å². The number of fused-ring (bicyclic) bond motifs is 1. The third-order valence-electron chi connectivity index (χ3n) is 5.99. The maximum absolute atomic E-state index is 11.8. The van der Waals surface area contributed by atoms with Gasteiger partial charge in [-0.25, -0.2) is 8.42 Å². The third kappa shape index (κ3) is 9.96. The Morgan fingerprint density at radius 3 is 1.84 bits per heavy atom. The molecule has 0 atom stereocenters. The van der Waals surface area contributed by atoms with Gasteiger partial charge in [0, 0.05) is 0 Å². The van der Waals surface area contributed by atoms with Gasteiger partial charge in [-0.1, -0.05) is 96.3 Å². The maximum atomic E-state index is 11.8. The first-order valence-corrected chi connectivity index (χ1v) is 13.4. The summed E-state index contributed by atoms with van der Waals surface area (Å²) in [5.41, 5.74) is 2.35. The van der Waals surface area contributed by atoms with Gasteiger partial charge in [0.2, 0.25) is 0 Å². The summed E-state index contributed by atoms with van der Waals surface area (Å²) in [6.07, 6.45) is 16.7. The van der Waals surface area contributed by atoms with Crippen molar-refractivity contribution in [3.05, 3.63) is 41.5 Å². The minimum atomic E-state index is -4.48. The van der Waals surface area contributed by atoms with E-state index in [-0.39, 0.29) is 34.5 Å². The Labute approximate surface area is 212 Å². The molecule has 168 valence electrons. The summed E-state index contributed by atoms with van der Waals surface area (Å²) < 4.78 is 35.5. The van der Waals surface area contributed by atoms with Gasteiger partial charge in [0.25, 0.3) is 0 Å². The van der Waals surface area contributed by atoms with Crippen molar-refractivity contribution < 1.29 is 42.5 Å². The van der Waals surface area contributed by atoms with Crippen LogP contribution in [0.4, 0.5) is 0 Å². The molecule has 0 saturated heterocycles. The largest absolute Gasteiger partial charge is 1.00 e. The van der Waals surface area contributed by atoms with Gasteiger partial charge in [-0.15, -0.1) is 0 Å². The van der Waals surface area contributed by atoms with E-state index in [4.69, 9.17) is 0 Å². The Kier molecular flexibility index (Phi) is 14.3. The first-order chi connectivity index (χ1) is 14.5. The van der Waals surface area contributed by atoms with Crippen molar-refractivity contribution in [2.75, 3.05) is 0 Å². The molecule has 0 amide bonds. The summed E-state index contributed by atoms with van der Waals surface area (Å²) in [7, 11) is -4.48. The van der Waals surface area contributed by atoms with Crippen molar-refractivity contribution in [2.45, 2.75) is 109 Å². The van der Waals surface area contributed by atoms with Gasteiger partial charge < -0.3 is 4.55 Å². The van der Waals surface area contributed by atoms with E-state index in [0.29, 0.717) is 5.39 Å². The molecule has 0 aliphatic rings. The molecule has 0 fully saturated rings. The van der Waals surface area contributed by atoms with Gasteiger partial charge in [0.1, 0.15) is 10.1 Å². The van der Waals surface area contributed by atoms with Crippen LogP contribution in [0, 0.1) is 0 Å². The summed E-state index contributed by atoms with van der Waals surface area (Å²) in [6, 6.07) is 9.31. The second-order valence-corrected chi connectivity index (χ2v) is 9.94. The normalized spacial score (nSPS) is 11.6. The Balaban J connectivity index is 0.00000480. The molecule has 0 bridgehead atoms. The van der Waals surface area contributed by atoms with E-state index in [1.807, 2.05) is 12.1 Å². The number of rotatable bonds is 15. The van der Waals surface area contributed by atoms with Crippen LogP contribution in [0.3, 0.4) is 0 Å². The Hall–Kier alpha value is -0.390. The monoisotopic (exact) mass is 454 g/mol. The van der Waals surface area contributed by atoms with Crippen LogP contribution in [-0.2, 0) is 23.0 Å². The van der Waals surface area contributed by atoms with Crippen LogP contribution >= 0.6 is 0 Å². The SMILES string of the molecule is CCCCCCCCc1cc(CCCCCCCC)c2cccc(S(=O)(=O)[O-])c2c1.[Na+]. The van der Waals surface area contributed by atoms with Crippen molar-refractivity contribution in [3.8, 4) is 0 Å². The molecule has 0 N–H and O–H groups in total. The van der Waals surface area contributed by atoms with Gasteiger partial charge in [-0.2, -0.15) is 0 Å². The molecule has 0 aliphatic carbocycles. The predicted molar refractivity (Wildman–Crippen MR) is 126 cm³/mol. The van der Waals surface area contributed by atoms with E-state index in [1.165, 1.54) is 75.8 Å². The topological polar surface area (TPSA) is 57.2 Å². The molecule has 31 heavy (non-hydrogen) atoms. The zero-order valence-corrected chi connectivity index (χ0v) is 22.7. The van der Waals surface area contributed by atoms with Gasteiger partial charge in [0.05, 0.1) is 4.90 Å². The van der Waals surface area contributed by atoms with Crippen LogP contribution in [0.1, 0.15) is 102 Å². The predicted octanol–water partition coefficient (Wildman–Crippen LogP) is 4.55. The molecular formula is C26H39NaO3S. The summed E-state index contributed by atoms with van der Waals surface area (Å²) >= 11 is 0. The molecule has 0 aromatic heterocycles. The van der Waals surface area contributed by atoms with E-state index in [0.717, 1.165) is 36.6 Å². The Morgan fingerprint density at radius 2 is 1.26 bits per heavy atom. The quantitative estimate of drug-likeness (QED) is 0.225. The minimum absolute atomic E-state index is 0. The van der Waals surface area contributed by atoms with Gasteiger partial charge in [0.15, 0.2) is 0 Å². The molecule has 2 aromatic rings. The second kappa shape index (κ2) is 15.4. The fraction of sp³-hybridized carbons (Fsp3) is 0.615. The van der Waals surface area contributed by atoms with E-state index < -0.39 is 10.1 Å². The number of aryl methyl sites for hydroxylation is 2. The van der Waals surface area contributed by atoms with E-state index in [2.05, 4.69) is 19.9 Å². The first-order valence-electron chi connectivity index (χ1n) is 12.0. The van der Waals surface area contributed by atoms with E-state index >= 15 is 0 Å². The smallest absolute Gasteiger partial charge is 0.744 e. The summed E-state index contributed by atoms with van der Waals surface area (Å²) in [4.78, 5) is -0.0750. The van der Waals surface area contributed by atoms with Crippen molar-refractivity contribution in [3.63, 3.8) is 0 Å². The zero-order valence-electron chi connectivity index (χ0n) is 19.9. The Morgan fingerprint density at radius 1 is 0.710 bits per heavy atom. The molecule has 3 nitrogen and oxygen atoms in total. The number of hydrogen-bond donors (Lipinski definition) is 0. The standard InChI is InChI=1S/C26H40O3S.Na/c1-3-5-7-9-11-13-16-22-20-23(17-14-12-10-8-6-4-2)24-18-15-19-26(25(24)21-22)30(27,28)29;/h15,18-21H,3-14,16-17H2,1-2H3,(H,27,28,29);/q;+1/p-1. The number of hydrogen-bond acceptors (Lipinski definition) is 3. The van der Waals surface area contributed by atoms with Crippen molar-refractivity contribution >= 4 is 20.9 Å². The van der Waals surface area contributed by atoms with Gasteiger partial charge >= 0.3 is 29.6 Å². The minimum Gasteiger partial charge on any atom is -0.744 e. The molecule has 2 aromatic carbocycles. The molecule has 0 unspecified atom stereocenters. The fourth-order valence-electron chi connectivity index (χ4n) is 4.28. The maximum Gasteiger partial charge on any atom is 1.00 e. The number of benzene rings is 2. The average molecular weight is 455 g/mol. The molecular weight excluding hydrogens is 415 g/mol. The van der Waals surface area contributed by atoms with Crippen LogP contribution in [0.2, 0.25) is 0 Å². The molecule has 2 rings (SSSR count). The van der Waals surface area contributed by atoms with Crippen molar-refractivity contribution in [1.82, 2.24) is 0 Å². The van der Waals surface area contributed by atoms with Gasteiger partial charge in [-0.05, 0) is 59.7 Å². The molecule has 0 saturated carbocycles. The third-order valence-corrected chi connectivity index (χ3v) is 6.88. The fourth-order valence-corrected chi connectivity index (χ4v) is 4.96. The molecule has 0 radical (unpaired) electrons. The van der Waals surface area contributed by atoms with Crippen LogP contribution in [0.15, 0.2) is 35.2 Å². The molecule has 0 aliphatic heterocycles. The molecule has 0 spiro atoms. The van der Waals surface area contributed by atoms with Crippen LogP contribution in [0.25, 0.3) is 10.8 Å². The summed E-state index contributed by atoms with van der Waals surface area (Å²) in [6.45, 7) is 4.45. The summed E-state index contributed by atoms with van der Waals surface area (Å²) in [5.74, 6) is 0. The average Bonchev–Trinajstić information content (AvgIpc) is 2.72. The molecule has 0 heterocycles. The van der Waals surface area contributed by atoms with Crippen LogP contribution in [-0.4, -0.2) is 13.0 Å².